The van der Waals surface area contributed by atoms with Crippen LogP contribution in [-0.4, -0.2) is 18.5 Å². The molecular formula is C18H18F4N2O3. The molecule has 0 aliphatic heterocycles. The largest absolute Gasteiger partial charge is 0.465 e. The molecule has 0 saturated heterocycles. The quantitative estimate of drug-likeness (QED) is 0.364. The van der Waals surface area contributed by atoms with Crippen molar-refractivity contribution in [1.82, 2.24) is 0 Å². The zero-order chi connectivity index (χ0) is 20.6. The van der Waals surface area contributed by atoms with Crippen LogP contribution in [0, 0.1) is 29.2 Å². The zero-order valence-corrected chi connectivity index (χ0v) is 14.6. The highest BCUT2D eigenvalue weighted by molar-refractivity contribution is 6.04. The van der Waals surface area contributed by atoms with Gasteiger partial charge in [-0.25, -0.2) is 17.6 Å². The maximum atomic E-state index is 12.9. The first-order valence-corrected chi connectivity index (χ1v) is 7.77. The van der Waals surface area contributed by atoms with Gasteiger partial charge in [-0.2, -0.15) is 0 Å². The number of hydrogen-bond acceptors (Lipinski definition) is 4. The van der Waals surface area contributed by atoms with Crippen molar-refractivity contribution < 1.29 is 31.9 Å². The van der Waals surface area contributed by atoms with E-state index in [0.29, 0.717) is 6.07 Å². The van der Waals surface area contributed by atoms with E-state index in [1.165, 1.54) is 6.92 Å². The number of nitrogen functional groups attached to an aromatic ring is 1. The molecule has 0 radical (unpaired) electrons. The van der Waals surface area contributed by atoms with Crippen LogP contribution >= 0.6 is 0 Å². The first-order chi connectivity index (χ1) is 12.6. The summed E-state index contributed by atoms with van der Waals surface area (Å²) in [7, 11) is 0. The summed E-state index contributed by atoms with van der Waals surface area (Å²) >= 11 is 0. The second kappa shape index (κ2) is 10.1. The highest BCUT2D eigenvalue weighted by Gasteiger charge is 2.22. The van der Waals surface area contributed by atoms with Crippen LogP contribution in [0.3, 0.4) is 0 Å². The van der Waals surface area contributed by atoms with Crippen LogP contribution in [0.2, 0.25) is 0 Å². The maximum Gasteiger partial charge on any atom is 0.318 e. The number of amides is 1. The van der Waals surface area contributed by atoms with Crippen molar-refractivity contribution in [2.75, 3.05) is 17.7 Å². The molecular weight excluding hydrogens is 368 g/mol. The van der Waals surface area contributed by atoms with E-state index in [2.05, 4.69) is 10.1 Å². The Balaban J connectivity index is 0.000000337. The van der Waals surface area contributed by atoms with Gasteiger partial charge in [-0.3, -0.25) is 9.59 Å². The lowest BCUT2D eigenvalue weighted by molar-refractivity contribution is -0.150. The summed E-state index contributed by atoms with van der Waals surface area (Å²) in [5.74, 6) is -5.33. The van der Waals surface area contributed by atoms with Crippen molar-refractivity contribution in [3.05, 3.63) is 59.7 Å². The Kier molecular flexibility index (Phi) is 8.25. The second-order valence-electron chi connectivity index (χ2n) is 5.32. The molecule has 1 atom stereocenters. The maximum absolute atomic E-state index is 12.9. The van der Waals surface area contributed by atoms with Crippen LogP contribution in [0.1, 0.15) is 13.8 Å². The fraction of sp³-hybridized carbons (Fsp3) is 0.222. The summed E-state index contributed by atoms with van der Waals surface area (Å²) in [4.78, 5) is 22.9. The molecule has 9 heteroatoms. The second-order valence-corrected chi connectivity index (χ2v) is 5.32. The van der Waals surface area contributed by atoms with Crippen LogP contribution < -0.4 is 11.1 Å². The summed E-state index contributed by atoms with van der Waals surface area (Å²) < 4.78 is 54.6. The number of benzene rings is 2. The normalized spacial score (nSPS) is 11.0. The summed E-state index contributed by atoms with van der Waals surface area (Å²) in [5.41, 5.74) is 5.14. The molecule has 0 bridgehead atoms. The number of anilines is 2. The van der Waals surface area contributed by atoms with Gasteiger partial charge in [0.05, 0.1) is 6.61 Å². The molecule has 0 aliphatic rings. The third kappa shape index (κ3) is 7.76. The molecule has 2 aromatic carbocycles. The third-order valence-electron chi connectivity index (χ3n) is 3.05. The fourth-order valence-corrected chi connectivity index (χ4v) is 1.83. The first kappa shape index (κ1) is 21.9. The molecule has 0 aliphatic carbocycles. The Morgan fingerprint density at radius 3 is 1.81 bits per heavy atom. The Hall–Kier alpha value is -3.10. The van der Waals surface area contributed by atoms with E-state index in [-0.39, 0.29) is 18.0 Å². The van der Waals surface area contributed by atoms with Crippen LogP contribution in [0.15, 0.2) is 36.4 Å². The minimum Gasteiger partial charge on any atom is -0.465 e. The van der Waals surface area contributed by atoms with Gasteiger partial charge in [0.2, 0.25) is 5.91 Å². The molecule has 3 N–H and O–H groups in total. The van der Waals surface area contributed by atoms with Crippen LogP contribution in [0.4, 0.5) is 28.9 Å². The number of ether oxygens (including phenoxy) is 1. The van der Waals surface area contributed by atoms with Crippen molar-refractivity contribution in [3.8, 4) is 0 Å². The Morgan fingerprint density at radius 2 is 1.41 bits per heavy atom. The summed E-state index contributed by atoms with van der Waals surface area (Å²) in [5, 5.41) is 2.24. The smallest absolute Gasteiger partial charge is 0.318 e. The van der Waals surface area contributed by atoms with Crippen molar-refractivity contribution in [2.45, 2.75) is 13.8 Å². The highest BCUT2D eigenvalue weighted by atomic mass is 19.1. The lowest BCUT2D eigenvalue weighted by Crippen LogP contribution is -2.28. The molecule has 0 aromatic heterocycles. The highest BCUT2D eigenvalue weighted by Crippen LogP contribution is 2.14. The number of nitrogens with one attached hydrogen (secondary N) is 1. The molecule has 0 spiro atoms. The molecule has 1 amide bonds. The zero-order valence-electron chi connectivity index (χ0n) is 14.6. The average molecular weight is 386 g/mol. The minimum atomic E-state index is -1.05. The molecule has 2 aromatic rings. The predicted octanol–water partition coefficient (Wildman–Crippen LogP) is 3.65. The standard InChI is InChI=1S/C12H13F2NO3.C6H5F2N/c1-3-18-12(17)7(2)11(16)15-10-5-8(13)4-9(14)6-10;7-4-1-5(8)3-6(9)2-4/h4-7H,3H2,1-2H3,(H,15,16);1-3H,9H2. The Morgan fingerprint density at radius 1 is 0.963 bits per heavy atom. The molecule has 27 heavy (non-hydrogen) atoms. The van der Waals surface area contributed by atoms with Gasteiger partial charge < -0.3 is 15.8 Å². The van der Waals surface area contributed by atoms with Crippen molar-refractivity contribution >= 4 is 23.3 Å². The van der Waals surface area contributed by atoms with Gasteiger partial charge in [-0.15, -0.1) is 0 Å². The van der Waals surface area contributed by atoms with E-state index in [4.69, 9.17) is 5.73 Å². The van der Waals surface area contributed by atoms with E-state index >= 15 is 0 Å². The van der Waals surface area contributed by atoms with Gasteiger partial charge in [0.15, 0.2) is 0 Å². The number of esters is 1. The van der Waals surface area contributed by atoms with Crippen LogP contribution in [0.5, 0.6) is 0 Å². The molecule has 0 fully saturated rings. The number of hydrogen-bond donors (Lipinski definition) is 2. The lowest BCUT2D eigenvalue weighted by atomic mass is 10.1. The monoisotopic (exact) mass is 386 g/mol. The van der Waals surface area contributed by atoms with E-state index < -0.39 is 41.1 Å². The lowest BCUT2D eigenvalue weighted by Gasteiger charge is -2.11. The molecule has 0 heterocycles. The Labute approximate surface area is 153 Å². The van der Waals surface area contributed by atoms with Crippen molar-refractivity contribution in [1.29, 1.82) is 0 Å². The van der Waals surface area contributed by atoms with Gasteiger partial charge in [-0.1, -0.05) is 0 Å². The summed E-state index contributed by atoms with van der Waals surface area (Å²) in [6, 6.07) is 5.49. The molecule has 5 nitrogen and oxygen atoms in total. The van der Waals surface area contributed by atoms with Gasteiger partial charge >= 0.3 is 5.97 Å². The van der Waals surface area contributed by atoms with Gasteiger partial charge in [-0.05, 0) is 38.1 Å². The fourth-order valence-electron chi connectivity index (χ4n) is 1.83. The SMILES string of the molecule is CCOC(=O)C(C)C(=O)Nc1cc(F)cc(F)c1.Nc1cc(F)cc(F)c1. The van der Waals surface area contributed by atoms with Gasteiger partial charge in [0, 0.05) is 23.5 Å². The molecule has 1 unspecified atom stereocenters. The van der Waals surface area contributed by atoms with Gasteiger partial charge in [0.1, 0.15) is 29.2 Å². The first-order valence-electron chi connectivity index (χ1n) is 7.77. The number of halogens is 4. The minimum absolute atomic E-state index is 0.0475. The van der Waals surface area contributed by atoms with Crippen LogP contribution in [0.25, 0.3) is 0 Å². The molecule has 0 saturated carbocycles. The number of nitrogens with two attached hydrogens (primary N) is 1. The number of carbonyl (C=O) groups excluding carboxylic acids is 2. The summed E-state index contributed by atoms with van der Waals surface area (Å²) in [6.07, 6.45) is 0. The topological polar surface area (TPSA) is 81.4 Å². The molecule has 2 rings (SSSR count). The Bertz CT molecular complexity index is 744. The van der Waals surface area contributed by atoms with Crippen molar-refractivity contribution in [3.63, 3.8) is 0 Å². The number of carbonyl (C=O) groups is 2. The van der Waals surface area contributed by atoms with E-state index in [1.54, 1.807) is 6.92 Å². The predicted molar refractivity (Wildman–Crippen MR) is 91.6 cm³/mol. The van der Waals surface area contributed by atoms with E-state index in [0.717, 1.165) is 30.3 Å². The third-order valence-corrected chi connectivity index (χ3v) is 3.05. The summed E-state index contributed by atoms with van der Waals surface area (Å²) in [6.45, 7) is 3.12. The average Bonchev–Trinajstić information content (AvgIpc) is 2.52. The van der Waals surface area contributed by atoms with E-state index in [9.17, 15) is 27.2 Å². The number of rotatable bonds is 4. The van der Waals surface area contributed by atoms with Crippen molar-refractivity contribution in [2.24, 2.45) is 5.92 Å². The van der Waals surface area contributed by atoms with Gasteiger partial charge in [0.25, 0.3) is 0 Å². The van der Waals surface area contributed by atoms with Crippen LogP contribution in [-0.2, 0) is 14.3 Å². The van der Waals surface area contributed by atoms with E-state index in [1.807, 2.05) is 0 Å². The molecule has 146 valence electrons.